The van der Waals surface area contributed by atoms with Crippen LogP contribution >= 0.6 is 0 Å². The molecule has 1 aromatic rings. The van der Waals surface area contributed by atoms with Gasteiger partial charge in [-0.3, -0.25) is 4.79 Å². The van der Waals surface area contributed by atoms with Gasteiger partial charge in [0, 0.05) is 13.1 Å². The molecule has 3 atom stereocenters. The van der Waals surface area contributed by atoms with E-state index in [1.54, 1.807) is 0 Å². The summed E-state index contributed by atoms with van der Waals surface area (Å²) in [4.78, 5) is 30.5. The molecule has 1 aromatic carbocycles. The molecule has 2 aliphatic carbocycles. The summed E-state index contributed by atoms with van der Waals surface area (Å²) in [5.74, 6) is -0.493. The van der Waals surface area contributed by atoms with Crippen molar-refractivity contribution in [3.8, 4) is 0 Å². The summed E-state index contributed by atoms with van der Waals surface area (Å²) < 4.78 is 41.7. The SMILES string of the molecule is O=C(NOC(=O)N1CCCC1)c1cccc([C@H]2C[C@H]3CC[C@H]2C3)c1C(F)(F)F. The summed E-state index contributed by atoms with van der Waals surface area (Å²) >= 11 is 0. The first-order valence-corrected chi connectivity index (χ1v) is 9.81. The minimum Gasteiger partial charge on any atom is -0.321 e. The first-order valence-electron chi connectivity index (χ1n) is 9.81. The van der Waals surface area contributed by atoms with Gasteiger partial charge in [0.2, 0.25) is 0 Å². The average Bonchev–Trinajstić information content (AvgIpc) is 3.42. The Hall–Kier alpha value is -2.25. The van der Waals surface area contributed by atoms with E-state index in [1.807, 2.05) is 5.48 Å². The third-order valence-electron chi connectivity index (χ3n) is 6.36. The predicted octanol–water partition coefficient (Wildman–Crippen LogP) is 4.49. The van der Waals surface area contributed by atoms with E-state index in [1.165, 1.54) is 17.0 Å². The van der Waals surface area contributed by atoms with E-state index in [4.69, 9.17) is 4.84 Å². The number of nitrogens with zero attached hydrogens (tertiary/aromatic N) is 1. The number of hydrogen-bond acceptors (Lipinski definition) is 3. The van der Waals surface area contributed by atoms with Crippen LogP contribution in [0.2, 0.25) is 0 Å². The highest BCUT2D eigenvalue weighted by molar-refractivity contribution is 5.96. The Kier molecular flexibility index (Phi) is 4.97. The van der Waals surface area contributed by atoms with Crippen LogP contribution in [0.25, 0.3) is 0 Å². The second-order valence-corrected chi connectivity index (χ2v) is 8.04. The van der Waals surface area contributed by atoms with Crippen molar-refractivity contribution in [3.05, 3.63) is 34.9 Å². The number of amides is 2. The van der Waals surface area contributed by atoms with Gasteiger partial charge in [0.05, 0.1) is 11.1 Å². The van der Waals surface area contributed by atoms with E-state index in [0.29, 0.717) is 19.0 Å². The van der Waals surface area contributed by atoms with Crippen molar-refractivity contribution in [3.63, 3.8) is 0 Å². The summed E-state index contributed by atoms with van der Waals surface area (Å²) in [6.07, 6.45) is -0.00649. The average molecular weight is 396 g/mol. The Labute approximate surface area is 161 Å². The molecular weight excluding hydrogens is 373 g/mol. The highest BCUT2D eigenvalue weighted by Gasteiger charge is 2.45. The lowest BCUT2D eigenvalue weighted by Gasteiger charge is -2.26. The number of halogens is 3. The van der Waals surface area contributed by atoms with Gasteiger partial charge in [-0.25, -0.2) is 4.79 Å². The fourth-order valence-corrected chi connectivity index (χ4v) is 5.12. The minimum absolute atomic E-state index is 0.171. The maximum absolute atomic E-state index is 13.9. The summed E-state index contributed by atoms with van der Waals surface area (Å²) in [6, 6.07) is 4.10. The lowest BCUT2D eigenvalue weighted by atomic mass is 9.80. The van der Waals surface area contributed by atoms with E-state index in [9.17, 15) is 22.8 Å². The number of hydrogen-bond donors (Lipinski definition) is 1. The van der Waals surface area contributed by atoms with Crippen LogP contribution < -0.4 is 5.48 Å². The molecule has 1 N–H and O–H groups in total. The molecule has 8 heteroatoms. The maximum Gasteiger partial charge on any atom is 0.434 e. The van der Waals surface area contributed by atoms with Crippen molar-refractivity contribution in [2.45, 2.75) is 50.6 Å². The number of fused-ring (bicyclic) bond motifs is 2. The molecule has 0 aromatic heterocycles. The third-order valence-corrected chi connectivity index (χ3v) is 6.36. The zero-order chi connectivity index (χ0) is 19.9. The second kappa shape index (κ2) is 7.29. The highest BCUT2D eigenvalue weighted by atomic mass is 19.4. The van der Waals surface area contributed by atoms with Crippen molar-refractivity contribution in [2.24, 2.45) is 11.8 Å². The maximum atomic E-state index is 13.9. The molecule has 3 aliphatic rings. The smallest absolute Gasteiger partial charge is 0.321 e. The molecule has 0 radical (unpaired) electrons. The number of hydroxylamine groups is 1. The Bertz CT molecular complexity index is 774. The molecule has 0 spiro atoms. The summed E-state index contributed by atoms with van der Waals surface area (Å²) in [7, 11) is 0. The van der Waals surface area contributed by atoms with E-state index in [0.717, 1.165) is 44.6 Å². The van der Waals surface area contributed by atoms with Gasteiger partial charge in [-0.15, -0.1) is 0 Å². The summed E-state index contributed by atoms with van der Waals surface area (Å²) in [6.45, 7) is 1.03. The zero-order valence-corrected chi connectivity index (χ0v) is 15.4. The fourth-order valence-electron chi connectivity index (χ4n) is 5.12. The number of carbonyl (C=O) groups is 2. The molecule has 1 saturated heterocycles. The van der Waals surface area contributed by atoms with E-state index in [-0.39, 0.29) is 17.4 Å². The Balaban J connectivity index is 1.56. The lowest BCUT2D eigenvalue weighted by Crippen LogP contribution is -2.36. The normalized spacial score (nSPS) is 26.5. The van der Waals surface area contributed by atoms with Gasteiger partial charge in [-0.1, -0.05) is 18.6 Å². The second-order valence-electron chi connectivity index (χ2n) is 8.04. The van der Waals surface area contributed by atoms with Crippen LogP contribution in [0.4, 0.5) is 18.0 Å². The molecule has 28 heavy (non-hydrogen) atoms. The molecule has 5 nitrogen and oxygen atoms in total. The monoisotopic (exact) mass is 396 g/mol. The van der Waals surface area contributed by atoms with Gasteiger partial charge < -0.3 is 9.74 Å². The van der Waals surface area contributed by atoms with Gasteiger partial charge in [-0.2, -0.15) is 18.7 Å². The quantitative estimate of drug-likeness (QED) is 0.750. The first kappa shape index (κ1) is 19.1. The Morgan fingerprint density at radius 1 is 1.11 bits per heavy atom. The van der Waals surface area contributed by atoms with Gasteiger partial charge in [-0.05, 0) is 61.5 Å². The summed E-state index contributed by atoms with van der Waals surface area (Å²) in [5.41, 5.74) is 0.704. The number of alkyl halides is 3. The molecule has 2 bridgehead atoms. The molecule has 1 heterocycles. The van der Waals surface area contributed by atoms with Crippen LogP contribution in [-0.4, -0.2) is 30.0 Å². The predicted molar refractivity (Wildman–Crippen MR) is 94.4 cm³/mol. The van der Waals surface area contributed by atoms with Gasteiger partial charge in [0.25, 0.3) is 5.91 Å². The number of carbonyl (C=O) groups excluding carboxylic acids is 2. The number of nitrogens with one attached hydrogen (secondary N) is 1. The van der Waals surface area contributed by atoms with Gasteiger partial charge in [0.1, 0.15) is 0 Å². The third kappa shape index (κ3) is 3.56. The molecule has 3 fully saturated rings. The van der Waals surface area contributed by atoms with Crippen molar-refractivity contribution < 1.29 is 27.6 Å². The number of rotatable bonds is 2. The van der Waals surface area contributed by atoms with Crippen LogP contribution in [0, 0.1) is 11.8 Å². The van der Waals surface area contributed by atoms with Gasteiger partial charge >= 0.3 is 12.3 Å². The van der Waals surface area contributed by atoms with Gasteiger partial charge in [0.15, 0.2) is 0 Å². The highest BCUT2D eigenvalue weighted by Crippen LogP contribution is 2.54. The van der Waals surface area contributed by atoms with E-state index >= 15 is 0 Å². The van der Waals surface area contributed by atoms with E-state index in [2.05, 4.69) is 0 Å². The lowest BCUT2D eigenvalue weighted by molar-refractivity contribution is -0.138. The fraction of sp³-hybridized carbons (Fsp3) is 0.600. The largest absolute Gasteiger partial charge is 0.434 e. The first-order chi connectivity index (χ1) is 13.3. The Morgan fingerprint density at radius 3 is 2.46 bits per heavy atom. The van der Waals surface area contributed by atoms with Crippen molar-refractivity contribution >= 4 is 12.0 Å². The molecule has 152 valence electrons. The van der Waals surface area contributed by atoms with Crippen LogP contribution in [0.1, 0.15) is 65.9 Å². The van der Waals surface area contributed by atoms with Crippen LogP contribution in [0.3, 0.4) is 0 Å². The van der Waals surface area contributed by atoms with Crippen molar-refractivity contribution in [2.75, 3.05) is 13.1 Å². The molecular formula is C20H23F3N2O3. The molecule has 4 rings (SSSR count). The van der Waals surface area contributed by atoms with Crippen LogP contribution in [0.5, 0.6) is 0 Å². The summed E-state index contributed by atoms with van der Waals surface area (Å²) in [5, 5.41) is 0. The molecule has 0 unspecified atom stereocenters. The minimum atomic E-state index is -4.66. The molecule has 2 saturated carbocycles. The number of likely N-dealkylation sites (tertiary alicyclic amines) is 1. The number of benzene rings is 1. The van der Waals surface area contributed by atoms with Crippen molar-refractivity contribution in [1.82, 2.24) is 10.4 Å². The van der Waals surface area contributed by atoms with Crippen molar-refractivity contribution in [1.29, 1.82) is 0 Å². The van der Waals surface area contributed by atoms with Crippen LogP contribution in [0.15, 0.2) is 18.2 Å². The Morgan fingerprint density at radius 2 is 1.86 bits per heavy atom. The molecule has 1 aliphatic heterocycles. The molecule has 2 amide bonds. The van der Waals surface area contributed by atoms with Crippen LogP contribution in [-0.2, 0) is 11.0 Å². The standard InChI is InChI=1S/C20H23F3N2O3/c21-20(22,23)17-14(16-11-12-6-7-13(16)10-12)4-3-5-15(17)18(26)24-28-19(27)25-8-1-2-9-25/h3-5,12-13,16H,1-2,6-11H2,(H,24,26)/t12-,13-,16-/m0/s1. The van der Waals surface area contributed by atoms with E-state index < -0.39 is 29.3 Å². The zero-order valence-electron chi connectivity index (χ0n) is 15.4. The topological polar surface area (TPSA) is 58.6 Å².